The fraction of sp³-hybridized carbons (Fsp3) is 0.900. The predicted octanol–water partition coefficient (Wildman–Crippen LogP) is -0.983. The van der Waals surface area contributed by atoms with Crippen molar-refractivity contribution in [3.63, 3.8) is 0 Å². The highest BCUT2D eigenvalue weighted by Crippen LogP contribution is 2.18. The fourth-order valence-electron chi connectivity index (χ4n) is 1.65. The van der Waals surface area contributed by atoms with Crippen LogP contribution in [-0.4, -0.2) is 61.6 Å². The molecule has 1 aliphatic heterocycles. The van der Waals surface area contributed by atoms with Crippen molar-refractivity contribution < 1.29 is 4.79 Å². The second-order valence-corrected chi connectivity index (χ2v) is 4.47. The summed E-state index contributed by atoms with van der Waals surface area (Å²) in [5.41, 5.74) is 3.17. The van der Waals surface area contributed by atoms with Gasteiger partial charge in [-0.05, 0) is 19.9 Å². The molecule has 0 aromatic carbocycles. The van der Waals surface area contributed by atoms with E-state index in [1.165, 1.54) is 0 Å². The van der Waals surface area contributed by atoms with E-state index < -0.39 is 0 Å². The van der Waals surface area contributed by atoms with Gasteiger partial charge in [0.15, 0.2) is 0 Å². The number of carbonyl (C=O) groups excluding carboxylic acids is 1. The van der Waals surface area contributed by atoms with Gasteiger partial charge in [-0.3, -0.25) is 4.79 Å². The van der Waals surface area contributed by atoms with E-state index in [4.69, 9.17) is 0 Å². The number of hydrogen-bond donors (Lipinski definition) is 2. The van der Waals surface area contributed by atoms with E-state index in [9.17, 15) is 4.79 Å². The Morgan fingerprint density at radius 1 is 1.27 bits per heavy atom. The molecule has 0 bridgehead atoms. The average Bonchev–Trinajstić information content (AvgIpc) is 3.01. The van der Waals surface area contributed by atoms with Crippen LogP contribution in [0.25, 0.3) is 0 Å². The van der Waals surface area contributed by atoms with Crippen molar-refractivity contribution >= 4 is 5.91 Å². The van der Waals surface area contributed by atoms with Crippen molar-refractivity contribution in [3.8, 4) is 0 Å². The molecule has 86 valence electrons. The van der Waals surface area contributed by atoms with E-state index >= 15 is 0 Å². The van der Waals surface area contributed by atoms with Crippen LogP contribution in [0.1, 0.15) is 12.8 Å². The summed E-state index contributed by atoms with van der Waals surface area (Å²) in [5.74, 6) is 0.122. The predicted molar refractivity (Wildman–Crippen MR) is 58.2 cm³/mol. The minimum absolute atomic E-state index is 0.122. The lowest BCUT2D eigenvalue weighted by Gasteiger charge is -2.32. The van der Waals surface area contributed by atoms with Crippen LogP contribution in [0.3, 0.4) is 0 Å². The van der Waals surface area contributed by atoms with Crippen LogP contribution in [0.15, 0.2) is 0 Å². The first-order valence-corrected chi connectivity index (χ1v) is 5.70. The maximum absolute atomic E-state index is 11.4. The molecular formula is C10H20N4O. The minimum atomic E-state index is 0.122. The maximum atomic E-state index is 11.4. The normalized spacial score (nSPS) is 24.1. The Labute approximate surface area is 90.8 Å². The lowest BCUT2D eigenvalue weighted by atomic mass is 10.4. The summed E-state index contributed by atoms with van der Waals surface area (Å²) in [6, 6.07) is 0.465. The lowest BCUT2D eigenvalue weighted by molar-refractivity contribution is -0.121. The number of piperazine rings is 1. The number of nitrogens with one attached hydrogen (secondary N) is 2. The second-order valence-electron chi connectivity index (χ2n) is 4.47. The van der Waals surface area contributed by atoms with Gasteiger partial charge in [0.1, 0.15) is 0 Å². The van der Waals surface area contributed by atoms with E-state index in [1.54, 1.807) is 0 Å². The molecule has 1 heterocycles. The number of nitrogens with zero attached hydrogens (tertiary/aromatic N) is 2. The maximum Gasteiger partial charge on any atom is 0.235 e. The van der Waals surface area contributed by atoms with Crippen LogP contribution >= 0.6 is 0 Å². The Bertz CT molecular complexity index is 221. The van der Waals surface area contributed by atoms with Gasteiger partial charge in [0.05, 0.1) is 6.54 Å². The molecule has 2 fully saturated rings. The molecule has 15 heavy (non-hydrogen) atoms. The van der Waals surface area contributed by atoms with Gasteiger partial charge in [0, 0.05) is 32.2 Å². The first kappa shape index (κ1) is 10.9. The number of amides is 1. The van der Waals surface area contributed by atoms with Crippen LogP contribution in [0, 0.1) is 0 Å². The van der Waals surface area contributed by atoms with Gasteiger partial charge in [-0.15, -0.1) is 0 Å². The van der Waals surface area contributed by atoms with Gasteiger partial charge >= 0.3 is 0 Å². The Balaban J connectivity index is 1.58. The summed E-state index contributed by atoms with van der Waals surface area (Å²) in [5, 5.41) is 5.10. The molecule has 1 amide bonds. The molecule has 1 saturated carbocycles. The third kappa shape index (κ3) is 3.77. The van der Waals surface area contributed by atoms with Crippen molar-refractivity contribution in [1.82, 2.24) is 20.7 Å². The zero-order valence-corrected chi connectivity index (χ0v) is 9.33. The van der Waals surface area contributed by atoms with E-state index in [1.807, 2.05) is 0 Å². The third-order valence-electron chi connectivity index (χ3n) is 2.91. The topological polar surface area (TPSA) is 47.6 Å². The average molecular weight is 212 g/mol. The molecular weight excluding hydrogens is 192 g/mol. The monoisotopic (exact) mass is 212 g/mol. The van der Waals surface area contributed by atoms with Crippen LogP contribution in [-0.2, 0) is 4.79 Å². The standard InChI is InChI=1S/C10H20N4O/c1-13-4-6-14(7-5-13)11-8-10(15)12-9-2-3-9/h9,11H,2-8H2,1H3,(H,12,15). The van der Waals surface area contributed by atoms with E-state index in [0.717, 1.165) is 39.0 Å². The summed E-state index contributed by atoms with van der Waals surface area (Å²) >= 11 is 0. The third-order valence-corrected chi connectivity index (χ3v) is 2.91. The molecule has 0 atom stereocenters. The zero-order chi connectivity index (χ0) is 10.7. The summed E-state index contributed by atoms with van der Waals surface area (Å²) < 4.78 is 0. The molecule has 0 spiro atoms. The van der Waals surface area contributed by atoms with Gasteiger partial charge < -0.3 is 10.2 Å². The van der Waals surface area contributed by atoms with Crippen molar-refractivity contribution in [2.24, 2.45) is 0 Å². The largest absolute Gasteiger partial charge is 0.352 e. The van der Waals surface area contributed by atoms with Crippen molar-refractivity contribution in [1.29, 1.82) is 0 Å². The SMILES string of the molecule is CN1CCN(NCC(=O)NC2CC2)CC1. The molecule has 2 aliphatic rings. The first-order chi connectivity index (χ1) is 7.24. The molecule has 0 aromatic heterocycles. The summed E-state index contributed by atoms with van der Waals surface area (Å²) in [6.45, 7) is 4.54. The van der Waals surface area contributed by atoms with Gasteiger partial charge in [-0.1, -0.05) is 0 Å². The summed E-state index contributed by atoms with van der Waals surface area (Å²) in [6.07, 6.45) is 2.31. The molecule has 0 unspecified atom stereocenters. The van der Waals surface area contributed by atoms with Gasteiger partial charge in [-0.2, -0.15) is 0 Å². The number of likely N-dealkylation sites (N-methyl/N-ethyl adjacent to an activating group) is 1. The smallest absolute Gasteiger partial charge is 0.235 e. The summed E-state index contributed by atoms with van der Waals surface area (Å²) in [4.78, 5) is 13.7. The van der Waals surface area contributed by atoms with Crippen molar-refractivity contribution in [2.45, 2.75) is 18.9 Å². The van der Waals surface area contributed by atoms with Crippen molar-refractivity contribution in [3.05, 3.63) is 0 Å². The van der Waals surface area contributed by atoms with E-state index in [0.29, 0.717) is 12.6 Å². The number of hydrazine groups is 1. The van der Waals surface area contributed by atoms with Crippen LogP contribution in [0.5, 0.6) is 0 Å². The Kier molecular flexibility index (Phi) is 3.56. The van der Waals surface area contributed by atoms with Crippen molar-refractivity contribution in [2.75, 3.05) is 39.8 Å². The zero-order valence-electron chi connectivity index (χ0n) is 9.33. The highest BCUT2D eigenvalue weighted by Gasteiger charge is 2.23. The summed E-state index contributed by atoms with van der Waals surface area (Å²) in [7, 11) is 2.12. The molecule has 0 radical (unpaired) electrons. The second kappa shape index (κ2) is 4.92. The van der Waals surface area contributed by atoms with E-state index in [-0.39, 0.29) is 5.91 Å². The van der Waals surface area contributed by atoms with Gasteiger partial charge in [0.25, 0.3) is 0 Å². The number of hydrogen-bond acceptors (Lipinski definition) is 4. The highest BCUT2D eigenvalue weighted by atomic mass is 16.2. The fourth-order valence-corrected chi connectivity index (χ4v) is 1.65. The van der Waals surface area contributed by atoms with Gasteiger partial charge in [-0.25, -0.2) is 10.4 Å². The Morgan fingerprint density at radius 2 is 1.93 bits per heavy atom. The van der Waals surface area contributed by atoms with Crippen LogP contribution in [0.2, 0.25) is 0 Å². The van der Waals surface area contributed by atoms with Gasteiger partial charge in [0.2, 0.25) is 5.91 Å². The number of carbonyl (C=O) groups is 1. The lowest BCUT2D eigenvalue weighted by Crippen LogP contribution is -2.53. The number of rotatable bonds is 4. The Hall–Kier alpha value is -0.650. The molecule has 0 aromatic rings. The van der Waals surface area contributed by atoms with Crippen LogP contribution in [0.4, 0.5) is 0 Å². The van der Waals surface area contributed by atoms with Crippen LogP contribution < -0.4 is 10.7 Å². The molecule has 5 nitrogen and oxygen atoms in total. The minimum Gasteiger partial charge on any atom is -0.352 e. The van der Waals surface area contributed by atoms with E-state index in [2.05, 4.69) is 27.7 Å². The highest BCUT2D eigenvalue weighted by molar-refractivity contribution is 5.78. The Morgan fingerprint density at radius 3 is 2.53 bits per heavy atom. The molecule has 2 rings (SSSR count). The molecule has 5 heteroatoms. The first-order valence-electron chi connectivity index (χ1n) is 5.70. The molecule has 2 N–H and O–H groups in total. The quantitative estimate of drug-likeness (QED) is 0.629. The molecule has 1 aliphatic carbocycles. The molecule has 1 saturated heterocycles.